The second-order valence-electron chi connectivity index (χ2n) is 4.77. The van der Waals surface area contributed by atoms with E-state index >= 15 is 0 Å². The fraction of sp³-hybridized carbons (Fsp3) is 0.176. The molecule has 0 radical (unpaired) electrons. The molecule has 0 aliphatic carbocycles. The number of carbonyl (C=O) groups excluding carboxylic acids is 2. The van der Waals surface area contributed by atoms with Gasteiger partial charge in [0, 0.05) is 23.9 Å². The third-order valence-electron chi connectivity index (χ3n) is 3.00. The van der Waals surface area contributed by atoms with Crippen molar-refractivity contribution in [2.45, 2.75) is 18.4 Å². The van der Waals surface area contributed by atoms with Crippen molar-refractivity contribution in [3.05, 3.63) is 65.5 Å². The number of amides is 1. The van der Waals surface area contributed by atoms with Crippen molar-refractivity contribution in [3.8, 4) is 0 Å². The van der Waals surface area contributed by atoms with Gasteiger partial charge >= 0.3 is 0 Å². The van der Waals surface area contributed by atoms with Gasteiger partial charge in [-0.2, -0.15) is 0 Å². The van der Waals surface area contributed by atoms with Crippen LogP contribution in [0.1, 0.15) is 22.8 Å². The average Bonchev–Trinajstić information content (AvgIpc) is 2.52. The van der Waals surface area contributed by atoms with Gasteiger partial charge in [0.1, 0.15) is 5.82 Å². The quantitative estimate of drug-likeness (QED) is 0.656. The number of benzene rings is 2. The van der Waals surface area contributed by atoms with E-state index in [0.29, 0.717) is 17.9 Å². The third kappa shape index (κ3) is 5.00. The monoisotopic (exact) mass is 317 g/mol. The second-order valence-corrected chi connectivity index (χ2v) is 5.82. The van der Waals surface area contributed by atoms with E-state index in [2.05, 4.69) is 5.32 Å². The van der Waals surface area contributed by atoms with Crippen LogP contribution in [0, 0.1) is 5.82 Å². The number of hydrogen-bond acceptors (Lipinski definition) is 3. The summed E-state index contributed by atoms with van der Waals surface area (Å²) >= 11 is 1.38. The maximum atomic E-state index is 12.8. The molecular formula is C17H16FNO2S. The lowest BCUT2D eigenvalue weighted by Crippen LogP contribution is -2.18. The van der Waals surface area contributed by atoms with Crippen LogP contribution >= 0.6 is 11.8 Å². The molecule has 5 heteroatoms. The summed E-state index contributed by atoms with van der Waals surface area (Å²) in [6, 6.07) is 13.2. The standard InChI is InChI=1S/C17H16FNO2S/c1-12(20)19-10-13-2-4-14(5-3-13)17(21)11-22-16-8-6-15(18)7-9-16/h2-9H,10-11H2,1H3,(H,19,20). The molecule has 1 amide bonds. The number of ketones is 1. The average molecular weight is 317 g/mol. The molecule has 0 aliphatic rings. The minimum atomic E-state index is -0.287. The molecule has 0 saturated carbocycles. The minimum absolute atomic E-state index is 0.0143. The van der Waals surface area contributed by atoms with Gasteiger partial charge in [-0.3, -0.25) is 9.59 Å². The van der Waals surface area contributed by atoms with Crippen molar-refractivity contribution in [1.29, 1.82) is 0 Å². The highest BCUT2D eigenvalue weighted by atomic mass is 32.2. The third-order valence-corrected chi connectivity index (χ3v) is 4.01. The summed E-state index contributed by atoms with van der Waals surface area (Å²) in [5, 5.41) is 2.70. The molecule has 2 rings (SSSR count). The van der Waals surface area contributed by atoms with Crippen LogP contribution in [-0.2, 0) is 11.3 Å². The molecule has 0 heterocycles. The number of carbonyl (C=O) groups is 2. The van der Waals surface area contributed by atoms with Crippen LogP contribution in [0.2, 0.25) is 0 Å². The molecule has 22 heavy (non-hydrogen) atoms. The van der Waals surface area contributed by atoms with E-state index in [1.165, 1.54) is 30.8 Å². The lowest BCUT2D eigenvalue weighted by molar-refractivity contribution is -0.119. The SMILES string of the molecule is CC(=O)NCc1ccc(C(=O)CSc2ccc(F)cc2)cc1. The van der Waals surface area contributed by atoms with Gasteiger partial charge < -0.3 is 5.32 Å². The van der Waals surface area contributed by atoms with E-state index in [4.69, 9.17) is 0 Å². The lowest BCUT2D eigenvalue weighted by Gasteiger charge is -2.05. The highest BCUT2D eigenvalue weighted by Gasteiger charge is 2.07. The Bertz CT molecular complexity index is 653. The normalized spacial score (nSPS) is 10.3. The highest BCUT2D eigenvalue weighted by molar-refractivity contribution is 8.00. The molecule has 0 fully saturated rings. The zero-order valence-electron chi connectivity index (χ0n) is 12.1. The molecule has 2 aromatic rings. The number of nitrogens with one attached hydrogen (secondary N) is 1. The van der Waals surface area contributed by atoms with Gasteiger partial charge in [0.15, 0.2) is 5.78 Å². The van der Waals surface area contributed by atoms with E-state index in [0.717, 1.165) is 10.5 Å². The smallest absolute Gasteiger partial charge is 0.217 e. The first-order chi connectivity index (χ1) is 10.5. The Hall–Kier alpha value is -2.14. The first kappa shape index (κ1) is 16.2. The molecule has 114 valence electrons. The summed E-state index contributed by atoms with van der Waals surface area (Å²) in [6.07, 6.45) is 0. The minimum Gasteiger partial charge on any atom is -0.352 e. The fourth-order valence-corrected chi connectivity index (χ4v) is 2.59. The van der Waals surface area contributed by atoms with Crippen molar-refractivity contribution in [2.24, 2.45) is 0 Å². The maximum absolute atomic E-state index is 12.8. The molecule has 1 N–H and O–H groups in total. The van der Waals surface area contributed by atoms with Gasteiger partial charge in [-0.05, 0) is 29.8 Å². The van der Waals surface area contributed by atoms with Crippen molar-refractivity contribution in [2.75, 3.05) is 5.75 Å². The largest absolute Gasteiger partial charge is 0.352 e. The Morgan fingerprint density at radius 3 is 2.27 bits per heavy atom. The van der Waals surface area contributed by atoms with Crippen LogP contribution < -0.4 is 5.32 Å². The predicted molar refractivity (Wildman–Crippen MR) is 85.4 cm³/mol. The predicted octanol–water partition coefficient (Wildman–Crippen LogP) is 3.44. The summed E-state index contributed by atoms with van der Waals surface area (Å²) in [6.45, 7) is 1.92. The van der Waals surface area contributed by atoms with Crippen LogP contribution in [0.4, 0.5) is 4.39 Å². The first-order valence-corrected chi connectivity index (χ1v) is 7.78. The second kappa shape index (κ2) is 7.75. The van der Waals surface area contributed by atoms with E-state index in [1.807, 2.05) is 12.1 Å². The van der Waals surface area contributed by atoms with Gasteiger partial charge in [0.05, 0.1) is 5.75 Å². The molecule has 0 atom stereocenters. The van der Waals surface area contributed by atoms with E-state index in [1.54, 1.807) is 24.3 Å². The first-order valence-electron chi connectivity index (χ1n) is 6.79. The lowest BCUT2D eigenvalue weighted by atomic mass is 10.1. The number of Topliss-reactive ketones (excluding diaryl/α,β-unsaturated/α-hetero) is 1. The molecular weight excluding hydrogens is 301 g/mol. The molecule has 0 bridgehead atoms. The van der Waals surface area contributed by atoms with E-state index < -0.39 is 0 Å². The molecule has 0 aromatic heterocycles. The summed E-state index contributed by atoms with van der Waals surface area (Å²) in [5.41, 5.74) is 1.57. The zero-order valence-corrected chi connectivity index (χ0v) is 13.0. The topological polar surface area (TPSA) is 46.2 Å². The van der Waals surface area contributed by atoms with Gasteiger partial charge in [-0.15, -0.1) is 11.8 Å². The molecule has 2 aromatic carbocycles. The van der Waals surface area contributed by atoms with Gasteiger partial charge in [-0.25, -0.2) is 4.39 Å². The fourth-order valence-electron chi connectivity index (χ4n) is 1.80. The molecule has 0 saturated heterocycles. The summed E-state index contributed by atoms with van der Waals surface area (Å²) in [7, 11) is 0. The van der Waals surface area contributed by atoms with Gasteiger partial charge in [-0.1, -0.05) is 24.3 Å². The summed E-state index contributed by atoms with van der Waals surface area (Å²) in [5.74, 6) is -0.0573. The molecule has 3 nitrogen and oxygen atoms in total. The van der Waals surface area contributed by atoms with E-state index in [9.17, 15) is 14.0 Å². The van der Waals surface area contributed by atoms with Gasteiger partial charge in [0.2, 0.25) is 5.91 Å². The van der Waals surface area contributed by atoms with Crippen molar-refractivity contribution in [1.82, 2.24) is 5.32 Å². The number of rotatable bonds is 6. The molecule has 0 spiro atoms. The molecule has 0 unspecified atom stereocenters. The van der Waals surface area contributed by atoms with Crippen LogP contribution in [0.25, 0.3) is 0 Å². The van der Waals surface area contributed by atoms with Crippen LogP contribution in [0.15, 0.2) is 53.4 Å². The molecule has 0 aliphatic heterocycles. The van der Waals surface area contributed by atoms with E-state index in [-0.39, 0.29) is 17.5 Å². The van der Waals surface area contributed by atoms with Crippen molar-refractivity contribution >= 4 is 23.5 Å². The Balaban J connectivity index is 1.89. The Labute approximate surface area is 132 Å². The van der Waals surface area contributed by atoms with Crippen LogP contribution in [0.3, 0.4) is 0 Å². The van der Waals surface area contributed by atoms with Crippen LogP contribution in [0.5, 0.6) is 0 Å². The number of thioether (sulfide) groups is 1. The Morgan fingerprint density at radius 1 is 1.05 bits per heavy atom. The van der Waals surface area contributed by atoms with Crippen molar-refractivity contribution < 1.29 is 14.0 Å². The van der Waals surface area contributed by atoms with Crippen molar-refractivity contribution in [3.63, 3.8) is 0 Å². The maximum Gasteiger partial charge on any atom is 0.217 e. The number of hydrogen-bond donors (Lipinski definition) is 1. The summed E-state index contributed by atoms with van der Waals surface area (Å²) in [4.78, 5) is 23.8. The zero-order chi connectivity index (χ0) is 15.9. The Kier molecular flexibility index (Phi) is 5.72. The summed E-state index contributed by atoms with van der Waals surface area (Å²) < 4.78 is 12.8. The highest BCUT2D eigenvalue weighted by Crippen LogP contribution is 2.19. The Morgan fingerprint density at radius 2 is 1.68 bits per heavy atom. The van der Waals surface area contributed by atoms with Gasteiger partial charge in [0.25, 0.3) is 0 Å². The number of halogens is 1. The van der Waals surface area contributed by atoms with Crippen LogP contribution in [-0.4, -0.2) is 17.4 Å².